The van der Waals surface area contributed by atoms with E-state index in [2.05, 4.69) is 4.99 Å². The highest BCUT2D eigenvalue weighted by Crippen LogP contribution is 2.23. The molecule has 0 saturated carbocycles. The Morgan fingerprint density at radius 1 is 1.52 bits per heavy atom. The molecule has 0 saturated heterocycles. The van der Waals surface area contributed by atoms with Crippen LogP contribution in [0.5, 0.6) is 0 Å². The number of nitro benzene ring substituents is 1. The van der Waals surface area contributed by atoms with Crippen LogP contribution in [0.3, 0.4) is 0 Å². The maximum Gasteiger partial charge on any atom is 0.270 e. The Hall–Kier alpha value is -2.06. The number of ether oxygens (including phenoxy) is 1. The quantitative estimate of drug-likeness (QED) is 0.481. The number of hydrogen-bond donors (Lipinski definition) is 0. The van der Waals surface area contributed by atoms with Crippen molar-refractivity contribution in [2.45, 2.75) is 20.4 Å². The van der Waals surface area contributed by atoms with Gasteiger partial charge in [-0.15, -0.1) is 0 Å². The van der Waals surface area contributed by atoms with Gasteiger partial charge in [-0.1, -0.05) is 11.3 Å². The minimum Gasteiger partial charge on any atom is -0.380 e. The number of amides is 1. The normalized spacial score (nSPS) is 12.0. The molecular weight excluding hydrogens is 294 g/mol. The molecule has 0 aliphatic heterocycles. The Kier molecular flexibility index (Phi) is 4.81. The number of nitro groups is 1. The Labute approximate surface area is 124 Å². The first-order valence-corrected chi connectivity index (χ1v) is 7.25. The highest BCUT2D eigenvalue weighted by atomic mass is 32.1. The summed E-state index contributed by atoms with van der Waals surface area (Å²) in [5.74, 6) is -0.304. The van der Waals surface area contributed by atoms with E-state index in [1.165, 1.54) is 30.4 Å². The molecule has 0 aliphatic rings. The van der Waals surface area contributed by atoms with Crippen molar-refractivity contribution in [2.24, 2.45) is 4.99 Å². The Bertz CT molecular complexity index is 747. The number of nitrogens with zero attached hydrogens (tertiary/aromatic N) is 3. The number of thiazole rings is 1. The van der Waals surface area contributed by atoms with Crippen molar-refractivity contribution >= 4 is 33.1 Å². The first kappa shape index (κ1) is 15.3. The van der Waals surface area contributed by atoms with Gasteiger partial charge < -0.3 is 9.30 Å². The van der Waals surface area contributed by atoms with Crippen LogP contribution in [-0.2, 0) is 16.1 Å². The zero-order valence-electron chi connectivity index (χ0n) is 11.7. The van der Waals surface area contributed by atoms with Crippen LogP contribution >= 0.6 is 11.3 Å². The second-order valence-corrected chi connectivity index (χ2v) is 5.28. The molecule has 0 N–H and O–H groups in total. The van der Waals surface area contributed by atoms with E-state index < -0.39 is 4.92 Å². The summed E-state index contributed by atoms with van der Waals surface area (Å²) in [6.07, 6.45) is 0. The third-order valence-corrected chi connectivity index (χ3v) is 3.83. The number of fused-ring (bicyclic) bond motifs is 1. The van der Waals surface area contributed by atoms with Crippen molar-refractivity contribution < 1.29 is 14.5 Å². The molecule has 0 spiro atoms. The minimum absolute atomic E-state index is 0.0232. The molecule has 0 atom stereocenters. The lowest BCUT2D eigenvalue weighted by Crippen LogP contribution is -2.19. The van der Waals surface area contributed by atoms with Crippen molar-refractivity contribution in [2.75, 3.05) is 13.2 Å². The van der Waals surface area contributed by atoms with Gasteiger partial charge in [-0.25, -0.2) is 0 Å². The summed E-state index contributed by atoms with van der Waals surface area (Å²) in [4.78, 5) is 26.1. The predicted octanol–water partition coefficient (Wildman–Crippen LogP) is 2.09. The van der Waals surface area contributed by atoms with Crippen LogP contribution < -0.4 is 4.80 Å². The first-order valence-electron chi connectivity index (χ1n) is 6.43. The fourth-order valence-electron chi connectivity index (χ4n) is 1.91. The van der Waals surface area contributed by atoms with Crippen LogP contribution in [0.4, 0.5) is 5.69 Å². The molecule has 21 heavy (non-hydrogen) atoms. The zero-order chi connectivity index (χ0) is 15.4. The van der Waals surface area contributed by atoms with E-state index in [1.54, 1.807) is 6.07 Å². The molecule has 0 radical (unpaired) electrons. The molecule has 0 unspecified atom stereocenters. The summed E-state index contributed by atoms with van der Waals surface area (Å²) in [6, 6.07) is 4.62. The van der Waals surface area contributed by atoms with Gasteiger partial charge in [0.15, 0.2) is 4.80 Å². The SMILES string of the molecule is CCOCCn1c(=NC(C)=O)sc2cc([N+](=O)[O-])ccc21. The second-order valence-electron chi connectivity index (χ2n) is 4.27. The van der Waals surface area contributed by atoms with Gasteiger partial charge in [-0.05, 0) is 13.0 Å². The van der Waals surface area contributed by atoms with Crippen molar-refractivity contribution in [3.05, 3.63) is 33.1 Å². The van der Waals surface area contributed by atoms with Crippen LogP contribution in [0.25, 0.3) is 10.2 Å². The maximum absolute atomic E-state index is 11.2. The molecule has 1 amide bonds. The monoisotopic (exact) mass is 309 g/mol. The van der Waals surface area contributed by atoms with Gasteiger partial charge in [-0.3, -0.25) is 14.9 Å². The Morgan fingerprint density at radius 2 is 2.29 bits per heavy atom. The third-order valence-electron chi connectivity index (χ3n) is 2.79. The maximum atomic E-state index is 11.2. The number of carbonyl (C=O) groups is 1. The van der Waals surface area contributed by atoms with Gasteiger partial charge in [-0.2, -0.15) is 4.99 Å². The van der Waals surface area contributed by atoms with Gasteiger partial charge in [0.25, 0.3) is 5.69 Å². The topological polar surface area (TPSA) is 86.7 Å². The standard InChI is InChI=1S/C13H15N3O4S/c1-3-20-7-6-15-11-5-4-10(16(18)19)8-12(11)21-13(15)14-9(2)17/h4-5,8H,3,6-7H2,1-2H3. The first-order chi connectivity index (χ1) is 10.0. The van der Waals surface area contributed by atoms with Crippen LogP contribution in [-0.4, -0.2) is 28.6 Å². The number of hydrogen-bond acceptors (Lipinski definition) is 5. The number of aromatic nitrogens is 1. The largest absolute Gasteiger partial charge is 0.380 e. The molecule has 1 heterocycles. The molecule has 2 aromatic rings. The Balaban J connectivity index is 2.55. The molecule has 7 nitrogen and oxygen atoms in total. The summed E-state index contributed by atoms with van der Waals surface area (Å²) in [6.45, 7) is 4.91. The van der Waals surface area contributed by atoms with Gasteiger partial charge >= 0.3 is 0 Å². The van der Waals surface area contributed by atoms with Gasteiger partial charge in [0.05, 0.1) is 21.7 Å². The molecule has 112 valence electrons. The van der Waals surface area contributed by atoms with E-state index in [-0.39, 0.29) is 11.6 Å². The van der Waals surface area contributed by atoms with Crippen LogP contribution in [0.15, 0.2) is 23.2 Å². The van der Waals surface area contributed by atoms with Crippen molar-refractivity contribution in [1.29, 1.82) is 0 Å². The van der Waals surface area contributed by atoms with Crippen LogP contribution in [0.1, 0.15) is 13.8 Å². The van der Waals surface area contributed by atoms with Crippen LogP contribution in [0, 0.1) is 10.1 Å². The lowest BCUT2D eigenvalue weighted by molar-refractivity contribution is -0.384. The predicted molar refractivity (Wildman–Crippen MR) is 79.2 cm³/mol. The molecule has 0 aliphatic carbocycles. The van der Waals surface area contributed by atoms with E-state index in [9.17, 15) is 14.9 Å². The average Bonchev–Trinajstić information content (AvgIpc) is 2.75. The van der Waals surface area contributed by atoms with Crippen molar-refractivity contribution in [3.8, 4) is 0 Å². The van der Waals surface area contributed by atoms with E-state index in [0.29, 0.717) is 24.6 Å². The van der Waals surface area contributed by atoms with Crippen LogP contribution in [0.2, 0.25) is 0 Å². The molecule has 1 aromatic carbocycles. The average molecular weight is 309 g/mol. The highest BCUT2D eigenvalue weighted by Gasteiger charge is 2.12. The highest BCUT2D eigenvalue weighted by molar-refractivity contribution is 7.16. The lowest BCUT2D eigenvalue weighted by atomic mass is 10.3. The number of non-ortho nitro benzene ring substituents is 1. The minimum atomic E-state index is -0.439. The fourth-order valence-corrected chi connectivity index (χ4v) is 3.04. The Morgan fingerprint density at radius 3 is 2.90 bits per heavy atom. The molecule has 2 rings (SSSR count). The molecular formula is C13H15N3O4S. The summed E-state index contributed by atoms with van der Waals surface area (Å²) in [7, 11) is 0. The lowest BCUT2D eigenvalue weighted by Gasteiger charge is -2.05. The van der Waals surface area contributed by atoms with E-state index in [4.69, 9.17) is 4.74 Å². The van der Waals surface area contributed by atoms with Gasteiger partial charge in [0.1, 0.15) is 0 Å². The van der Waals surface area contributed by atoms with Gasteiger partial charge in [0.2, 0.25) is 5.91 Å². The zero-order valence-corrected chi connectivity index (χ0v) is 12.6. The second kappa shape index (κ2) is 6.59. The smallest absolute Gasteiger partial charge is 0.270 e. The number of benzene rings is 1. The van der Waals surface area contributed by atoms with Crippen molar-refractivity contribution in [1.82, 2.24) is 4.57 Å². The summed E-state index contributed by atoms with van der Waals surface area (Å²) >= 11 is 1.26. The third kappa shape index (κ3) is 3.53. The summed E-state index contributed by atoms with van der Waals surface area (Å²) < 4.78 is 7.90. The summed E-state index contributed by atoms with van der Waals surface area (Å²) in [5.41, 5.74) is 0.834. The van der Waals surface area contributed by atoms with E-state index in [0.717, 1.165) is 10.2 Å². The number of rotatable bonds is 5. The molecule has 8 heteroatoms. The summed E-state index contributed by atoms with van der Waals surface area (Å²) in [5, 5.41) is 10.8. The van der Waals surface area contributed by atoms with Crippen molar-refractivity contribution in [3.63, 3.8) is 0 Å². The number of carbonyl (C=O) groups excluding carboxylic acids is 1. The van der Waals surface area contributed by atoms with Gasteiger partial charge in [0, 0.05) is 32.2 Å². The molecule has 1 aromatic heterocycles. The molecule has 0 fully saturated rings. The van der Waals surface area contributed by atoms with E-state index in [1.807, 2.05) is 11.5 Å². The van der Waals surface area contributed by atoms with E-state index >= 15 is 0 Å². The fraction of sp³-hybridized carbons (Fsp3) is 0.385. The molecule has 0 bridgehead atoms.